The van der Waals surface area contributed by atoms with E-state index < -0.39 is 5.97 Å². The molecule has 1 fully saturated rings. The van der Waals surface area contributed by atoms with Gasteiger partial charge in [0.2, 0.25) is 0 Å². The minimum Gasteiger partial charge on any atom is -0.481 e. The van der Waals surface area contributed by atoms with E-state index in [1.54, 1.807) is 0 Å². The van der Waals surface area contributed by atoms with Gasteiger partial charge in [-0.2, -0.15) is 0 Å². The fourth-order valence-corrected chi connectivity index (χ4v) is 1.68. The lowest BCUT2D eigenvalue weighted by Crippen LogP contribution is -2.03. The largest absolute Gasteiger partial charge is 0.481 e. The zero-order valence-electron chi connectivity index (χ0n) is 9.13. The van der Waals surface area contributed by atoms with Gasteiger partial charge in [-0.25, -0.2) is 4.98 Å². The minimum absolute atomic E-state index is 0.155. The minimum atomic E-state index is -0.767. The highest BCUT2D eigenvalue weighted by Crippen LogP contribution is 2.46. The van der Waals surface area contributed by atoms with Crippen LogP contribution < -0.4 is 0 Å². The molecular weight excluding hydrogens is 192 g/mol. The van der Waals surface area contributed by atoms with Crippen LogP contribution in [0.4, 0.5) is 0 Å². The molecule has 4 heteroatoms. The number of hydrogen-bond acceptors (Lipinski definition) is 2. The maximum atomic E-state index is 10.5. The molecule has 0 radical (unpaired) electrons. The standard InChI is InChI=1S/C11H16N2O2/c1-7-8(3-4-9(14)15)13-10(12-7)11(2)5-6-11/h3-6H2,1-2H3,(H,12,13)(H,14,15). The molecule has 0 unspecified atom stereocenters. The smallest absolute Gasteiger partial charge is 0.303 e. The summed E-state index contributed by atoms with van der Waals surface area (Å²) in [5.41, 5.74) is 2.14. The molecule has 4 nitrogen and oxygen atoms in total. The van der Waals surface area contributed by atoms with Crippen molar-refractivity contribution in [1.82, 2.24) is 9.97 Å². The lowest BCUT2D eigenvalue weighted by atomic mass is 10.1. The van der Waals surface area contributed by atoms with Gasteiger partial charge in [0.25, 0.3) is 0 Å². The van der Waals surface area contributed by atoms with Gasteiger partial charge in [0.15, 0.2) is 0 Å². The predicted octanol–water partition coefficient (Wildman–Crippen LogP) is 1.79. The molecule has 1 aliphatic carbocycles. The number of carboxylic acids is 1. The van der Waals surface area contributed by atoms with Gasteiger partial charge in [0.05, 0.1) is 12.1 Å². The van der Waals surface area contributed by atoms with E-state index >= 15 is 0 Å². The van der Waals surface area contributed by atoms with Crippen LogP contribution in [0.15, 0.2) is 0 Å². The van der Waals surface area contributed by atoms with Crippen LogP contribution >= 0.6 is 0 Å². The van der Waals surface area contributed by atoms with Gasteiger partial charge >= 0.3 is 5.97 Å². The van der Waals surface area contributed by atoms with Crippen molar-refractivity contribution in [1.29, 1.82) is 0 Å². The predicted molar refractivity (Wildman–Crippen MR) is 55.9 cm³/mol. The number of nitrogens with one attached hydrogen (secondary N) is 1. The first-order chi connectivity index (χ1) is 7.01. The highest BCUT2D eigenvalue weighted by Gasteiger charge is 2.42. The molecule has 0 saturated heterocycles. The summed E-state index contributed by atoms with van der Waals surface area (Å²) in [6, 6.07) is 0. The van der Waals surface area contributed by atoms with E-state index in [4.69, 9.17) is 5.11 Å². The summed E-state index contributed by atoms with van der Waals surface area (Å²) >= 11 is 0. The number of hydrogen-bond donors (Lipinski definition) is 2. The molecule has 0 aliphatic heterocycles. The topological polar surface area (TPSA) is 66.0 Å². The number of H-pyrrole nitrogens is 1. The van der Waals surface area contributed by atoms with Gasteiger partial charge in [0.1, 0.15) is 5.82 Å². The zero-order valence-corrected chi connectivity index (χ0v) is 9.13. The highest BCUT2D eigenvalue weighted by molar-refractivity contribution is 5.67. The van der Waals surface area contributed by atoms with E-state index in [-0.39, 0.29) is 11.8 Å². The summed E-state index contributed by atoms with van der Waals surface area (Å²) in [5.74, 6) is 0.261. The van der Waals surface area contributed by atoms with Gasteiger partial charge in [-0.3, -0.25) is 4.79 Å². The van der Waals surface area contributed by atoms with Crippen molar-refractivity contribution >= 4 is 5.97 Å². The molecular formula is C11H16N2O2. The van der Waals surface area contributed by atoms with Crippen LogP contribution in [0.1, 0.15) is 43.4 Å². The summed E-state index contributed by atoms with van der Waals surface area (Å²) < 4.78 is 0. The normalized spacial score (nSPS) is 17.7. The monoisotopic (exact) mass is 208 g/mol. The third-order valence-electron chi connectivity index (χ3n) is 3.13. The Hall–Kier alpha value is -1.32. The number of imidazole rings is 1. The highest BCUT2D eigenvalue weighted by atomic mass is 16.4. The Bertz CT molecular complexity index is 391. The van der Waals surface area contributed by atoms with Crippen molar-refractivity contribution in [3.05, 3.63) is 17.2 Å². The summed E-state index contributed by atoms with van der Waals surface area (Å²) in [5, 5.41) is 8.61. The van der Waals surface area contributed by atoms with Crippen molar-refractivity contribution in [2.45, 2.75) is 44.9 Å². The van der Waals surface area contributed by atoms with Crippen molar-refractivity contribution < 1.29 is 9.90 Å². The molecule has 1 aromatic heterocycles. The zero-order chi connectivity index (χ0) is 11.1. The van der Waals surface area contributed by atoms with Crippen LogP contribution in [0.2, 0.25) is 0 Å². The van der Waals surface area contributed by atoms with E-state index in [2.05, 4.69) is 16.9 Å². The molecule has 82 valence electrons. The summed E-state index contributed by atoms with van der Waals surface area (Å²) in [6.07, 6.45) is 3.03. The number of aromatic amines is 1. The average Bonchev–Trinajstić information content (AvgIpc) is 2.77. The molecule has 1 aromatic rings. The molecule has 15 heavy (non-hydrogen) atoms. The Kier molecular flexibility index (Phi) is 2.29. The van der Waals surface area contributed by atoms with E-state index in [1.807, 2.05) is 6.92 Å². The first-order valence-electron chi connectivity index (χ1n) is 5.29. The number of nitrogens with zero attached hydrogens (tertiary/aromatic N) is 1. The summed E-state index contributed by atoms with van der Waals surface area (Å²) in [4.78, 5) is 18.2. The van der Waals surface area contributed by atoms with Crippen molar-refractivity contribution in [3.63, 3.8) is 0 Å². The second kappa shape index (κ2) is 3.36. The van der Waals surface area contributed by atoms with Gasteiger partial charge in [-0.15, -0.1) is 0 Å². The Morgan fingerprint density at radius 2 is 2.27 bits per heavy atom. The number of aliphatic carboxylic acids is 1. The van der Waals surface area contributed by atoms with E-state index in [0.29, 0.717) is 6.42 Å². The first kappa shape index (κ1) is 10.2. The molecule has 2 N–H and O–H groups in total. The van der Waals surface area contributed by atoms with Gasteiger partial charge in [-0.1, -0.05) is 6.92 Å². The molecule has 0 spiro atoms. The van der Waals surface area contributed by atoms with Crippen LogP contribution in [0, 0.1) is 6.92 Å². The molecule has 0 amide bonds. The number of aryl methyl sites for hydroxylation is 2. The fraction of sp³-hybridized carbons (Fsp3) is 0.636. The first-order valence-corrected chi connectivity index (χ1v) is 5.29. The number of carboxylic acid groups (broad SMARTS) is 1. The van der Waals surface area contributed by atoms with Gasteiger partial charge in [-0.05, 0) is 19.8 Å². The third-order valence-corrected chi connectivity index (χ3v) is 3.13. The van der Waals surface area contributed by atoms with Gasteiger partial charge in [0, 0.05) is 17.5 Å². The second-order valence-corrected chi connectivity index (χ2v) is 4.61. The number of aromatic nitrogens is 2. The van der Waals surface area contributed by atoms with Crippen LogP contribution in [-0.2, 0) is 16.6 Å². The molecule has 2 rings (SSSR count). The SMILES string of the molecule is Cc1[nH]c(C2(C)CC2)nc1CCC(=O)O. The van der Waals surface area contributed by atoms with Crippen molar-refractivity contribution in [2.75, 3.05) is 0 Å². The lowest BCUT2D eigenvalue weighted by molar-refractivity contribution is -0.136. The van der Waals surface area contributed by atoms with Crippen LogP contribution in [0.25, 0.3) is 0 Å². The van der Waals surface area contributed by atoms with Crippen LogP contribution in [0.5, 0.6) is 0 Å². The van der Waals surface area contributed by atoms with E-state index in [0.717, 1.165) is 17.2 Å². The van der Waals surface area contributed by atoms with Crippen LogP contribution in [-0.4, -0.2) is 21.0 Å². The molecule has 1 heterocycles. The number of rotatable bonds is 4. The summed E-state index contributed by atoms with van der Waals surface area (Å²) in [6.45, 7) is 4.14. The van der Waals surface area contributed by atoms with E-state index in [1.165, 1.54) is 12.8 Å². The van der Waals surface area contributed by atoms with Crippen LogP contribution in [0.3, 0.4) is 0 Å². The maximum Gasteiger partial charge on any atom is 0.303 e. The Balaban J connectivity index is 2.11. The van der Waals surface area contributed by atoms with E-state index in [9.17, 15) is 4.79 Å². The molecule has 0 bridgehead atoms. The average molecular weight is 208 g/mol. The second-order valence-electron chi connectivity index (χ2n) is 4.61. The Morgan fingerprint density at radius 3 is 2.80 bits per heavy atom. The molecule has 1 aliphatic rings. The van der Waals surface area contributed by atoms with Gasteiger partial charge < -0.3 is 10.1 Å². The Morgan fingerprint density at radius 1 is 1.60 bits per heavy atom. The fourth-order valence-electron chi connectivity index (χ4n) is 1.68. The molecule has 1 saturated carbocycles. The molecule has 0 atom stereocenters. The lowest BCUT2D eigenvalue weighted by Gasteiger charge is -2.01. The van der Waals surface area contributed by atoms with Crippen molar-refractivity contribution in [3.8, 4) is 0 Å². The molecule has 0 aromatic carbocycles. The third kappa shape index (κ3) is 2.03. The maximum absolute atomic E-state index is 10.5. The summed E-state index contributed by atoms with van der Waals surface area (Å²) in [7, 11) is 0. The quantitative estimate of drug-likeness (QED) is 0.792. The Labute approximate surface area is 88.7 Å². The van der Waals surface area contributed by atoms with Crippen molar-refractivity contribution in [2.24, 2.45) is 0 Å². The number of carbonyl (C=O) groups is 1.